The summed E-state index contributed by atoms with van der Waals surface area (Å²) < 4.78 is 6.70. The number of carbonyl (C=O) groups excluding carboxylic acids is 3. The van der Waals surface area contributed by atoms with Gasteiger partial charge in [-0.05, 0) is 67.7 Å². The number of anilines is 3. The number of esters is 1. The van der Waals surface area contributed by atoms with Crippen molar-refractivity contribution in [3.63, 3.8) is 0 Å². The van der Waals surface area contributed by atoms with Gasteiger partial charge in [-0.15, -0.1) is 16.4 Å². The summed E-state index contributed by atoms with van der Waals surface area (Å²) in [4.78, 5) is 49.2. The van der Waals surface area contributed by atoms with Crippen molar-refractivity contribution >= 4 is 56.5 Å². The molecular formula is C33H39N7O4S. The Kier molecular flexibility index (Phi) is 9.15. The van der Waals surface area contributed by atoms with Crippen molar-refractivity contribution in [2.45, 2.75) is 13.8 Å². The van der Waals surface area contributed by atoms with Crippen LogP contribution in [-0.2, 0) is 4.74 Å². The highest BCUT2D eigenvalue weighted by Gasteiger charge is 2.25. The fourth-order valence-corrected chi connectivity index (χ4v) is 6.93. The van der Waals surface area contributed by atoms with Gasteiger partial charge in [0.25, 0.3) is 11.8 Å². The highest BCUT2D eigenvalue weighted by molar-refractivity contribution is 7.21. The number of hydrogen-bond acceptors (Lipinski definition) is 10. The Balaban J connectivity index is 1.21. The molecule has 4 heterocycles. The molecule has 2 saturated heterocycles. The van der Waals surface area contributed by atoms with E-state index in [0.29, 0.717) is 26.2 Å². The number of methoxy groups -OCH3 is 1. The number of aromatic nitrogens is 2. The Morgan fingerprint density at radius 3 is 1.78 bits per heavy atom. The van der Waals surface area contributed by atoms with Gasteiger partial charge in [0.15, 0.2) is 5.82 Å². The van der Waals surface area contributed by atoms with Gasteiger partial charge in [-0.25, -0.2) is 4.79 Å². The van der Waals surface area contributed by atoms with Crippen LogP contribution in [0.25, 0.3) is 10.2 Å². The van der Waals surface area contributed by atoms with Crippen LogP contribution in [0.1, 0.15) is 44.2 Å². The van der Waals surface area contributed by atoms with Crippen LogP contribution in [-0.4, -0.2) is 110 Å². The first-order valence-electron chi connectivity index (χ1n) is 15.5. The molecule has 6 rings (SSSR count). The number of nitrogens with one attached hydrogen (secondary N) is 1. The SMILES string of the molecule is CCN1CCN(c2ccc(C(=O)Nc3nn(C(=O)c4ccc(N5CCN(CC)CC5)cc4)c4cc(C(=O)OC)sc34)cc2)CC1. The summed E-state index contributed by atoms with van der Waals surface area (Å²) in [5.41, 5.74) is 3.50. The predicted octanol–water partition coefficient (Wildman–Crippen LogP) is 4.11. The second-order valence-corrected chi connectivity index (χ2v) is 12.3. The van der Waals surface area contributed by atoms with Crippen LogP contribution in [0.4, 0.5) is 17.2 Å². The molecule has 2 aromatic carbocycles. The van der Waals surface area contributed by atoms with Gasteiger partial charge >= 0.3 is 5.97 Å². The average Bonchev–Trinajstić information content (AvgIpc) is 3.68. The molecule has 0 atom stereocenters. The van der Waals surface area contributed by atoms with Gasteiger partial charge in [-0.2, -0.15) is 4.68 Å². The van der Waals surface area contributed by atoms with Crippen molar-refractivity contribution in [2.24, 2.45) is 0 Å². The second kappa shape index (κ2) is 13.4. The summed E-state index contributed by atoms with van der Waals surface area (Å²) in [5.74, 6) is -1.01. The summed E-state index contributed by atoms with van der Waals surface area (Å²) in [5, 5.41) is 7.39. The molecule has 0 bridgehead atoms. The number of hydrogen-bond donors (Lipinski definition) is 1. The molecule has 0 spiro atoms. The quantitative estimate of drug-likeness (QED) is 0.289. The van der Waals surface area contributed by atoms with Crippen LogP contribution in [0.3, 0.4) is 0 Å². The van der Waals surface area contributed by atoms with Crippen LogP contribution in [0, 0.1) is 0 Å². The van der Waals surface area contributed by atoms with Gasteiger partial charge in [0.1, 0.15) is 4.88 Å². The van der Waals surface area contributed by atoms with E-state index >= 15 is 0 Å². The Morgan fingerprint density at radius 1 is 0.778 bits per heavy atom. The lowest BCUT2D eigenvalue weighted by Gasteiger charge is -2.35. The van der Waals surface area contributed by atoms with E-state index in [9.17, 15) is 14.4 Å². The number of nitrogens with zero attached hydrogens (tertiary/aromatic N) is 6. The summed E-state index contributed by atoms with van der Waals surface area (Å²) in [6.07, 6.45) is 0. The maximum absolute atomic E-state index is 13.7. The van der Waals surface area contributed by atoms with E-state index in [0.717, 1.165) is 88.2 Å². The molecule has 0 saturated carbocycles. The van der Waals surface area contributed by atoms with Crippen LogP contribution < -0.4 is 15.1 Å². The molecule has 1 amide bonds. The van der Waals surface area contributed by atoms with Crippen LogP contribution in [0.5, 0.6) is 0 Å². The van der Waals surface area contributed by atoms with Crippen LogP contribution in [0.2, 0.25) is 0 Å². The largest absolute Gasteiger partial charge is 0.465 e. The Morgan fingerprint density at radius 2 is 1.29 bits per heavy atom. The molecule has 2 aromatic heterocycles. The monoisotopic (exact) mass is 629 g/mol. The van der Waals surface area contributed by atoms with Crippen molar-refractivity contribution < 1.29 is 19.1 Å². The van der Waals surface area contributed by atoms with Crippen molar-refractivity contribution in [2.75, 3.05) is 87.7 Å². The number of carbonyl (C=O) groups is 3. The third-order valence-corrected chi connectivity index (χ3v) is 9.89. The normalized spacial score (nSPS) is 16.2. The number of rotatable bonds is 8. The minimum absolute atomic E-state index is 0.216. The van der Waals surface area contributed by atoms with Crippen LogP contribution in [0.15, 0.2) is 54.6 Å². The first kappa shape index (κ1) is 30.8. The molecule has 2 aliphatic heterocycles. The topological polar surface area (TPSA) is 103 Å². The van der Waals surface area contributed by atoms with E-state index in [2.05, 4.69) is 43.9 Å². The van der Waals surface area contributed by atoms with Gasteiger partial charge in [-0.1, -0.05) is 13.8 Å². The van der Waals surface area contributed by atoms with Crippen molar-refractivity contribution in [1.29, 1.82) is 0 Å². The molecular weight excluding hydrogens is 590 g/mol. The summed E-state index contributed by atoms with van der Waals surface area (Å²) in [7, 11) is 1.31. The smallest absolute Gasteiger partial charge is 0.348 e. The van der Waals surface area contributed by atoms with Gasteiger partial charge in [0.2, 0.25) is 0 Å². The number of benzene rings is 2. The minimum Gasteiger partial charge on any atom is -0.465 e. The van der Waals surface area contributed by atoms with Gasteiger partial charge in [0, 0.05) is 74.9 Å². The number of piperazine rings is 2. The lowest BCUT2D eigenvalue weighted by atomic mass is 10.1. The maximum Gasteiger partial charge on any atom is 0.348 e. The lowest BCUT2D eigenvalue weighted by Crippen LogP contribution is -2.46. The zero-order chi connectivity index (χ0) is 31.5. The fourth-order valence-electron chi connectivity index (χ4n) is 5.93. The van der Waals surface area contributed by atoms with Gasteiger partial charge in [-0.3, -0.25) is 9.59 Å². The highest BCUT2D eigenvalue weighted by atomic mass is 32.1. The fraction of sp³-hybridized carbons (Fsp3) is 0.394. The van der Waals surface area contributed by atoms with E-state index in [1.807, 2.05) is 24.3 Å². The number of ether oxygens (including phenoxy) is 1. The average molecular weight is 630 g/mol. The lowest BCUT2D eigenvalue weighted by molar-refractivity contribution is 0.0606. The third kappa shape index (κ3) is 6.44. The zero-order valence-corrected chi connectivity index (χ0v) is 26.8. The number of thiophene rings is 1. The number of likely N-dealkylation sites (N-methyl/N-ethyl adjacent to an activating group) is 2. The number of fused-ring (bicyclic) bond motifs is 1. The molecule has 2 aliphatic rings. The predicted molar refractivity (Wildman–Crippen MR) is 178 cm³/mol. The van der Waals surface area contributed by atoms with Crippen molar-refractivity contribution in [3.8, 4) is 0 Å². The molecule has 0 aliphatic carbocycles. The van der Waals surface area contributed by atoms with E-state index in [-0.39, 0.29) is 17.6 Å². The number of amides is 1. The Hall–Kier alpha value is -4.26. The standard InChI is InChI=1S/C33H39N7O4S/c1-4-36-14-18-38(19-15-36)25-10-6-23(7-11-25)31(41)34-30-29-27(22-28(45-29)33(43)44-3)40(35-30)32(42)24-8-12-26(13-9-24)39-20-16-37(5-2)17-21-39/h6-13,22H,4-5,14-21H2,1-3H3,(H,34,35,41). The van der Waals surface area contributed by atoms with E-state index < -0.39 is 5.97 Å². The summed E-state index contributed by atoms with van der Waals surface area (Å²) in [6.45, 7) is 14.3. The third-order valence-electron chi connectivity index (χ3n) is 8.78. The molecule has 12 heteroatoms. The summed E-state index contributed by atoms with van der Waals surface area (Å²) >= 11 is 1.13. The van der Waals surface area contributed by atoms with E-state index in [4.69, 9.17) is 4.74 Å². The first-order valence-corrected chi connectivity index (χ1v) is 16.3. The Labute approximate surface area is 266 Å². The maximum atomic E-state index is 13.7. The molecule has 2 fully saturated rings. The molecule has 236 valence electrons. The molecule has 1 N–H and O–H groups in total. The van der Waals surface area contributed by atoms with E-state index in [1.54, 1.807) is 30.3 Å². The van der Waals surface area contributed by atoms with Crippen molar-refractivity contribution in [1.82, 2.24) is 19.6 Å². The Bertz CT molecular complexity index is 1670. The minimum atomic E-state index is -0.518. The zero-order valence-electron chi connectivity index (χ0n) is 26.0. The van der Waals surface area contributed by atoms with Gasteiger partial charge in [0.05, 0.1) is 17.3 Å². The second-order valence-electron chi connectivity index (χ2n) is 11.3. The molecule has 0 unspecified atom stereocenters. The van der Waals surface area contributed by atoms with Crippen molar-refractivity contribution in [3.05, 3.63) is 70.6 Å². The molecule has 4 aromatic rings. The highest BCUT2D eigenvalue weighted by Crippen LogP contribution is 2.33. The molecule has 11 nitrogen and oxygen atoms in total. The molecule has 45 heavy (non-hydrogen) atoms. The van der Waals surface area contributed by atoms with Gasteiger partial charge < -0.3 is 29.7 Å². The van der Waals surface area contributed by atoms with E-state index in [1.165, 1.54) is 11.8 Å². The molecule has 0 radical (unpaired) electrons. The summed E-state index contributed by atoms with van der Waals surface area (Å²) in [6, 6.07) is 16.6. The van der Waals surface area contributed by atoms with Crippen LogP contribution >= 0.6 is 11.3 Å². The first-order chi connectivity index (χ1) is 21.9.